The molecule has 0 aliphatic heterocycles. The lowest BCUT2D eigenvalue weighted by atomic mass is 9.86. The minimum Gasteiger partial charge on any atom is -0.461 e. The normalized spacial score (nSPS) is 25.2. The zero-order chi connectivity index (χ0) is 18.2. The molecule has 4 atom stereocenters. The van der Waals surface area contributed by atoms with Gasteiger partial charge in [0.05, 0.1) is 11.8 Å². The summed E-state index contributed by atoms with van der Waals surface area (Å²) in [6.45, 7) is 10.5. The van der Waals surface area contributed by atoms with Gasteiger partial charge in [0.1, 0.15) is 6.61 Å². The van der Waals surface area contributed by atoms with Crippen molar-refractivity contribution >= 4 is 11.9 Å². The van der Waals surface area contributed by atoms with Crippen LogP contribution in [0.25, 0.3) is 0 Å². The Kier molecular flexibility index (Phi) is 6.99. The summed E-state index contributed by atoms with van der Waals surface area (Å²) in [5, 5.41) is 2.91. The molecule has 0 aromatic heterocycles. The van der Waals surface area contributed by atoms with Gasteiger partial charge in [-0.25, -0.2) is 0 Å². The predicted molar refractivity (Wildman–Crippen MR) is 98.5 cm³/mol. The van der Waals surface area contributed by atoms with Crippen molar-refractivity contribution in [3.8, 4) is 0 Å². The Hall–Kier alpha value is -2.36. The van der Waals surface area contributed by atoms with Crippen LogP contribution in [-0.4, -0.2) is 18.4 Å². The lowest BCUT2D eigenvalue weighted by Crippen LogP contribution is -2.39. The van der Waals surface area contributed by atoms with Crippen molar-refractivity contribution in [2.75, 3.05) is 6.54 Å². The Morgan fingerprint density at radius 1 is 1.16 bits per heavy atom. The van der Waals surface area contributed by atoms with Crippen LogP contribution in [0.2, 0.25) is 0 Å². The third-order valence-electron chi connectivity index (χ3n) is 4.81. The number of hydrogen-bond acceptors (Lipinski definition) is 3. The molecule has 1 saturated carbocycles. The molecule has 1 aromatic rings. The molecule has 1 fully saturated rings. The van der Waals surface area contributed by atoms with Crippen molar-refractivity contribution in [3.05, 3.63) is 61.2 Å². The van der Waals surface area contributed by atoms with Crippen molar-refractivity contribution in [2.24, 2.45) is 23.7 Å². The molecule has 1 aliphatic carbocycles. The van der Waals surface area contributed by atoms with Gasteiger partial charge in [0.2, 0.25) is 5.91 Å². The Morgan fingerprint density at radius 2 is 1.80 bits per heavy atom. The molecule has 0 radical (unpaired) electrons. The predicted octanol–water partition coefficient (Wildman–Crippen LogP) is 3.50. The average molecular weight is 341 g/mol. The molecular weight excluding hydrogens is 314 g/mol. The van der Waals surface area contributed by atoms with Crippen LogP contribution in [0.4, 0.5) is 0 Å². The number of hydrogen-bond donors (Lipinski definition) is 1. The first-order chi connectivity index (χ1) is 12.1. The van der Waals surface area contributed by atoms with Crippen molar-refractivity contribution < 1.29 is 14.3 Å². The maximum atomic E-state index is 12.8. The Morgan fingerprint density at radius 3 is 2.40 bits per heavy atom. The summed E-state index contributed by atoms with van der Waals surface area (Å²) in [5.74, 6) is -1.53. The molecular formula is C21H27NO3. The van der Waals surface area contributed by atoms with Gasteiger partial charge < -0.3 is 10.1 Å². The number of benzene rings is 1. The fraction of sp³-hybridized carbons (Fsp3) is 0.429. The van der Waals surface area contributed by atoms with Gasteiger partial charge >= 0.3 is 5.97 Å². The number of rotatable bonds is 8. The van der Waals surface area contributed by atoms with Crippen LogP contribution >= 0.6 is 0 Å². The van der Waals surface area contributed by atoms with Crippen LogP contribution in [0.1, 0.15) is 25.3 Å². The van der Waals surface area contributed by atoms with Crippen molar-refractivity contribution in [1.82, 2.24) is 5.32 Å². The van der Waals surface area contributed by atoms with E-state index < -0.39 is 11.8 Å². The Balaban J connectivity index is 2.13. The van der Waals surface area contributed by atoms with E-state index in [1.165, 1.54) is 0 Å². The van der Waals surface area contributed by atoms with Crippen LogP contribution < -0.4 is 5.32 Å². The summed E-state index contributed by atoms with van der Waals surface area (Å²) in [6.07, 6.45) is 5.09. The van der Waals surface area contributed by atoms with Crippen molar-refractivity contribution in [3.63, 3.8) is 0 Å². The highest BCUT2D eigenvalue weighted by Gasteiger charge is 2.49. The third kappa shape index (κ3) is 4.59. The van der Waals surface area contributed by atoms with E-state index in [2.05, 4.69) is 18.5 Å². The quantitative estimate of drug-likeness (QED) is 0.582. The number of amides is 1. The number of allylic oxidation sites excluding steroid dienone is 2. The monoisotopic (exact) mass is 341 g/mol. The standard InChI is InChI=1S/C21H27NO3/c1-4-12-22-20(23)18-16(5-2)13-17(6-3)19(18)21(24)25-14-15-10-8-7-9-11-15/h5-11,16-19H,2-4,12-14H2,1H3,(H,22,23). The average Bonchev–Trinajstić information content (AvgIpc) is 3.04. The highest BCUT2D eigenvalue weighted by Crippen LogP contribution is 2.43. The van der Waals surface area contributed by atoms with E-state index in [9.17, 15) is 9.59 Å². The summed E-state index contributed by atoms with van der Waals surface area (Å²) in [7, 11) is 0. The molecule has 1 N–H and O–H groups in total. The maximum Gasteiger partial charge on any atom is 0.310 e. The topological polar surface area (TPSA) is 55.4 Å². The molecule has 4 unspecified atom stereocenters. The summed E-state index contributed by atoms with van der Waals surface area (Å²) in [4.78, 5) is 25.4. The van der Waals surface area contributed by atoms with E-state index in [4.69, 9.17) is 4.74 Å². The minimum atomic E-state index is -0.513. The van der Waals surface area contributed by atoms with E-state index in [1.807, 2.05) is 37.3 Å². The van der Waals surface area contributed by atoms with Gasteiger partial charge in [0.25, 0.3) is 0 Å². The second kappa shape index (κ2) is 9.21. The van der Waals surface area contributed by atoms with E-state index in [1.54, 1.807) is 12.2 Å². The van der Waals surface area contributed by atoms with Crippen LogP contribution in [0.15, 0.2) is 55.6 Å². The number of esters is 1. The van der Waals surface area contributed by atoms with Crippen LogP contribution in [-0.2, 0) is 20.9 Å². The van der Waals surface area contributed by atoms with E-state index in [-0.39, 0.29) is 30.3 Å². The van der Waals surface area contributed by atoms with Gasteiger partial charge in [-0.05, 0) is 30.2 Å². The van der Waals surface area contributed by atoms with Crippen LogP contribution in [0.5, 0.6) is 0 Å². The molecule has 1 amide bonds. The Bertz CT molecular complexity index is 611. The van der Waals surface area contributed by atoms with E-state index in [0.29, 0.717) is 13.0 Å². The maximum absolute atomic E-state index is 12.8. The SMILES string of the molecule is C=CC1CC(C=C)C(C(=O)OCc2ccccc2)C1C(=O)NCCC. The summed E-state index contributed by atoms with van der Waals surface area (Å²) >= 11 is 0. The largest absolute Gasteiger partial charge is 0.461 e. The van der Waals surface area contributed by atoms with E-state index >= 15 is 0 Å². The van der Waals surface area contributed by atoms with Gasteiger partial charge in [-0.1, -0.05) is 49.4 Å². The van der Waals surface area contributed by atoms with Gasteiger partial charge in [-0.15, -0.1) is 13.2 Å². The molecule has 0 heterocycles. The van der Waals surface area contributed by atoms with Crippen LogP contribution in [0.3, 0.4) is 0 Å². The lowest BCUT2D eigenvalue weighted by Gasteiger charge is -2.23. The Labute approximate surface area is 150 Å². The third-order valence-corrected chi connectivity index (χ3v) is 4.81. The smallest absolute Gasteiger partial charge is 0.310 e. The summed E-state index contributed by atoms with van der Waals surface area (Å²) in [5.41, 5.74) is 0.927. The molecule has 1 aromatic carbocycles. The van der Waals surface area contributed by atoms with Gasteiger partial charge in [-0.3, -0.25) is 9.59 Å². The van der Waals surface area contributed by atoms with Gasteiger partial charge in [-0.2, -0.15) is 0 Å². The molecule has 134 valence electrons. The fourth-order valence-electron chi connectivity index (χ4n) is 3.50. The fourth-order valence-corrected chi connectivity index (χ4v) is 3.50. The summed E-state index contributed by atoms with van der Waals surface area (Å²) < 4.78 is 5.52. The summed E-state index contributed by atoms with van der Waals surface area (Å²) in [6, 6.07) is 9.54. The first-order valence-electron chi connectivity index (χ1n) is 8.85. The van der Waals surface area contributed by atoms with Crippen molar-refractivity contribution in [1.29, 1.82) is 0 Å². The number of nitrogens with one attached hydrogen (secondary N) is 1. The second-order valence-corrected chi connectivity index (χ2v) is 6.47. The lowest BCUT2D eigenvalue weighted by molar-refractivity contribution is -0.154. The molecule has 0 saturated heterocycles. The second-order valence-electron chi connectivity index (χ2n) is 6.47. The zero-order valence-corrected chi connectivity index (χ0v) is 14.8. The highest BCUT2D eigenvalue weighted by molar-refractivity contribution is 5.87. The molecule has 0 bridgehead atoms. The first kappa shape index (κ1) is 19.0. The van der Waals surface area contributed by atoms with Gasteiger partial charge in [0, 0.05) is 6.54 Å². The highest BCUT2D eigenvalue weighted by atomic mass is 16.5. The van der Waals surface area contributed by atoms with Gasteiger partial charge in [0.15, 0.2) is 0 Å². The number of carbonyl (C=O) groups excluding carboxylic acids is 2. The zero-order valence-electron chi connectivity index (χ0n) is 14.8. The number of ether oxygens (including phenoxy) is 1. The van der Waals surface area contributed by atoms with E-state index in [0.717, 1.165) is 12.0 Å². The molecule has 1 aliphatic rings. The minimum absolute atomic E-state index is 0.0471. The first-order valence-corrected chi connectivity index (χ1v) is 8.85. The number of carbonyl (C=O) groups is 2. The molecule has 2 rings (SSSR count). The molecule has 0 spiro atoms. The molecule has 4 nitrogen and oxygen atoms in total. The van der Waals surface area contributed by atoms with Crippen molar-refractivity contribution in [2.45, 2.75) is 26.4 Å². The molecule has 4 heteroatoms. The van der Waals surface area contributed by atoms with Crippen LogP contribution in [0, 0.1) is 23.7 Å². The molecule has 25 heavy (non-hydrogen) atoms.